The van der Waals surface area contributed by atoms with Gasteiger partial charge in [0.05, 0.1) is 0 Å². The van der Waals surface area contributed by atoms with Crippen LogP contribution in [-0.2, 0) is 9.59 Å². The molecule has 17 heavy (non-hydrogen) atoms. The highest BCUT2D eigenvalue weighted by Crippen LogP contribution is 1.88. The summed E-state index contributed by atoms with van der Waals surface area (Å²) in [5.74, 6) is 0.0414. The van der Waals surface area contributed by atoms with Crippen molar-refractivity contribution in [2.75, 3.05) is 19.6 Å². The van der Waals surface area contributed by atoms with Crippen molar-refractivity contribution < 1.29 is 9.59 Å². The van der Waals surface area contributed by atoms with Crippen molar-refractivity contribution in [2.24, 2.45) is 0 Å². The normalized spacial score (nSPS) is 8.12. The van der Waals surface area contributed by atoms with Crippen molar-refractivity contribution in [3.8, 4) is 0 Å². The Bertz CT molecular complexity index is 263. The van der Waals surface area contributed by atoms with E-state index in [0.717, 1.165) is 0 Å². The number of hydrogen-bond donors (Lipinski definition) is 1. The first-order valence-corrected chi connectivity index (χ1v) is 5.32. The molecule has 0 fully saturated rings. The molecule has 0 aromatic rings. The third-order valence-corrected chi connectivity index (χ3v) is 1.64. The molecule has 2 amide bonds. The second-order valence-electron chi connectivity index (χ2n) is 3.23. The Kier molecular flexibility index (Phi) is 12.6. The molecular formula is C13H22N2O2. The molecule has 0 aliphatic heterocycles. The number of amides is 2. The van der Waals surface area contributed by atoms with Crippen LogP contribution in [0.25, 0.3) is 0 Å². The Morgan fingerprint density at radius 1 is 1.06 bits per heavy atom. The maximum absolute atomic E-state index is 10.8. The molecule has 0 aliphatic carbocycles. The standard InChI is InChI=1S/C8H13NO.C5H9NO/c1-4-6-9(7-5-2)8(3)10;1-3-4-6-5(2)7/h4-5H,1-2,6-7H2,3H3;3H,1,4H2,2H3,(H,6,7). The van der Waals surface area contributed by atoms with Crippen LogP contribution in [0.3, 0.4) is 0 Å². The topological polar surface area (TPSA) is 49.4 Å². The Balaban J connectivity index is 0. The number of hydrogen-bond acceptors (Lipinski definition) is 2. The van der Waals surface area contributed by atoms with Gasteiger partial charge in [-0.15, -0.1) is 19.7 Å². The quantitative estimate of drug-likeness (QED) is 0.713. The van der Waals surface area contributed by atoms with Crippen LogP contribution in [0, 0.1) is 0 Å². The maximum Gasteiger partial charge on any atom is 0.220 e. The summed E-state index contributed by atoms with van der Waals surface area (Å²) in [5, 5.41) is 2.54. The number of carbonyl (C=O) groups excluding carboxylic acids is 2. The van der Waals surface area contributed by atoms with E-state index in [1.807, 2.05) is 0 Å². The van der Waals surface area contributed by atoms with Crippen LogP contribution in [0.1, 0.15) is 13.8 Å². The summed E-state index contributed by atoms with van der Waals surface area (Å²) >= 11 is 0. The molecular weight excluding hydrogens is 216 g/mol. The lowest BCUT2D eigenvalue weighted by atomic mass is 10.4. The van der Waals surface area contributed by atoms with Crippen LogP contribution in [0.5, 0.6) is 0 Å². The molecule has 0 spiro atoms. The first-order valence-electron chi connectivity index (χ1n) is 5.32. The minimum Gasteiger partial charge on any atom is -0.353 e. The van der Waals surface area contributed by atoms with Gasteiger partial charge in [-0.1, -0.05) is 18.2 Å². The van der Waals surface area contributed by atoms with Gasteiger partial charge in [0, 0.05) is 33.5 Å². The van der Waals surface area contributed by atoms with E-state index < -0.39 is 0 Å². The van der Waals surface area contributed by atoms with Gasteiger partial charge in [0.2, 0.25) is 11.8 Å². The Morgan fingerprint density at radius 2 is 1.53 bits per heavy atom. The summed E-state index contributed by atoms with van der Waals surface area (Å²) in [6, 6.07) is 0. The van der Waals surface area contributed by atoms with Crippen LogP contribution in [-0.4, -0.2) is 36.3 Å². The zero-order valence-corrected chi connectivity index (χ0v) is 10.7. The first-order chi connectivity index (χ1) is 7.99. The third-order valence-electron chi connectivity index (χ3n) is 1.64. The van der Waals surface area contributed by atoms with Crippen LogP contribution in [0.15, 0.2) is 38.0 Å². The summed E-state index contributed by atoms with van der Waals surface area (Å²) in [7, 11) is 0. The Labute approximate surface area is 104 Å². The molecule has 0 aliphatic rings. The van der Waals surface area contributed by atoms with Gasteiger partial charge in [-0.05, 0) is 0 Å². The molecule has 4 nitrogen and oxygen atoms in total. The van der Waals surface area contributed by atoms with Gasteiger partial charge in [-0.3, -0.25) is 9.59 Å². The molecule has 0 atom stereocenters. The van der Waals surface area contributed by atoms with Crippen molar-refractivity contribution in [1.82, 2.24) is 10.2 Å². The molecule has 0 saturated carbocycles. The Hall–Kier alpha value is -1.84. The van der Waals surface area contributed by atoms with Gasteiger partial charge in [-0.2, -0.15) is 0 Å². The van der Waals surface area contributed by atoms with Gasteiger partial charge in [0.1, 0.15) is 0 Å². The number of carbonyl (C=O) groups is 2. The van der Waals surface area contributed by atoms with Crippen molar-refractivity contribution in [3.63, 3.8) is 0 Å². The van der Waals surface area contributed by atoms with E-state index >= 15 is 0 Å². The molecule has 0 unspecified atom stereocenters. The molecule has 1 N–H and O–H groups in total. The molecule has 0 bridgehead atoms. The average molecular weight is 238 g/mol. The lowest BCUT2D eigenvalue weighted by molar-refractivity contribution is -0.127. The van der Waals surface area contributed by atoms with Gasteiger partial charge < -0.3 is 10.2 Å². The summed E-state index contributed by atoms with van der Waals surface area (Å²) in [6.45, 7) is 15.3. The molecule has 96 valence electrons. The smallest absolute Gasteiger partial charge is 0.220 e. The van der Waals surface area contributed by atoms with Crippen LogP contribution >= 0.6 is 0 Å². The van der Waals surface area contributed by atoms with Gasteiger partial charge >= 0.3 is 0 Å². The molecule has 0 aromatic carbocycles. The summed E-state index contributed by atoms with van der Waals surface area (Å²) < 4.78 is 0. The zero-order chi connectivity index (χ0) is 13.7. The zero-order valence-electron chi connectivity index (χ0n) is 10.7. The monoisotopic (exact) mass is 238 g/mol. The van der Waals surface area contributed by atoms with E-state index in [1.54, 1.807) is 23.1 Å². The van der Waals surface area contributed by atoms with E-state index in [0.29, 0.717) is 19.6 Å². The van der Waals surface area contributed by atoms with Crippen LogP contribution in [0.2, 0.25) is 0 Å². The van der Waals surface area contributed by atoms with Gasteiger partial charge in [0.25, 0.3) is 0 Å². The van der Waals surface area contributed by atoms with Crippen molar-refractivity contribution in [1.29, 1.82) is 0 Å². The second kappa shape index (κ2) is 12.2. The van der Waals surface area contributed by atoms with Crippen LogP contribution in [0.4, 0.5) is 0 Å². The van der Waals surface area contributed by atoms with E-state index in [2.05, 4.69) is 25.1 Å². The van der Waals surface area contributed by atoms with E-state index in [1.165, 1.54) is 13.8 Å². The van der Waals surface area contributed by atoms with Gasteiger partial charge in [-0.25, -0.2) is 0 Å². The van der Waals surface area contributed by atoms with Crippen molar-refractivity contribution in [2.45, 2.75) is 13.8 Å². The summed E-state index contributed by atoms with van der Waals surface area (Å²) in [6.07, 6.45) is 5.04. The number of rotatable bonds is 6. The fourth-order valence-corrected chi connectivity index (χ4v) is 0.859. The van der Waals surface area contributed by atoms with E-state index in [9.17, 15) is 9.59 Å². The summed E-state index contributed by atoms with van der Waals surface area (Å²) in [4.78, 5) is 22.5. The first kappa shape index (κ1) is 17.6. The minimum atomic E-state index is -0.0140. The van der Waals surface area contributed by atoms with Gasteiger partial charge in [0.15, 0.2) is 0 Å². The highest BCUT2D eigenvalue weighted by molar-refractivity contribution is 5.73. The van der Waals surface area contributed by atoms with E-state index in [-0.39, 0.29) is 11.8 Å². The van der Waals surface area contributed by atoms with Crippen LogP contribution < -0.4 is 5.32 Å². The maximum atomic E-state index is 10.8. The van der Waals surface area contributed by atoms with E-state index in [4.69, 9.17) is 0 Å². The predicted molar refractivity (Wildman–Crippen MR) is 71.5 cm³/mol. The molecule has 0 aromatic heterocycles. The second-order valence-corrected chi connectivity index (χ2v) is 3.23. The lowest BCUT2D eigenvalue weighted by Gasteiger charge is -2.15. The number of nitrogens with one attached hydrogen (secondary N) is 1. The Morgan fingerprint density at radius 3 is 1.71 bits per heavy atom. The molecule has 4 heteroatoms. The average Bonchev–Trinajstić information content (AvgIpc) is 2.26. The lowest BCUT2D eigenvalue weighted by Crippen LogP contribution is -2.28. The SMILES string of the molecule is C=CCN(CC=C)C(C)=O.C=CCNC(C)=O. The van der Waals surface area contributed by atoms with Crippen molar-refractivity contribution in [3.05, 3.63) is 38.0 Å². The predicted octanol–water partition coefficient (Wildman–Crippen LogP) is 1.52. The molecule has 0 radical (unpaired) electrons. The fourth-order valence-electron chi connectivity index (χ4n) is 0.859. The summed E-state index contributed by atoms with van der Waals surface area (Å²) in [5.41, 5.74) is 0. The highest BCUT2D eigenvalue weighted by Gasteiger charge is 2.01. The fraction of sp³-hybridized carbons (Fsp3) is 0.385. The minimum absolute atomic E-state index is 0.0140. The molecule has 0 rings (SSSR count). The third kappa shape index (κ3) is 14.2. The molecule has 0 heterocycles. The number of nitrogens with zero attached hydrogens (tertiary/aromatic N) is 1. The highest BCUT2D eigenvalue weighted by atomic mass is 16.2. The molecule has 0 saturated heterocycles. The van der Waals surface area contributed by atoms with Crippen molar-refractivity contribution >= 4 is 11.8 Å². The largest absolute Gasteiger partial charge is 0.353 e.